The largest absolute Gasteiger partial charge is 0.487 e. The van der Waals surface area contributed by atoms with Crippen molar-refractivity contribution >= 4 is 11.8 Å². The van der Waals surface area contributed by atoms with Crippen LogP contribution < -0.4 is 10.1 Å². The lowest BCUT2D eigenvalue weighted by Gasteiger charge is -2.15. The van der Waals surface area contributed by atoms with E-state index >= 15 is 0 Å². The molecule has 2 aromatic rings. The highest BCUT2D eigenvalue weighted by molar-refractivity contribution is 5.93. The second kappa shape index (κ2) is 7.99. The summed E-state index contributed by atoms with van der Waals surface area (Å²) in [7, 11) is 0. The lowest BCUT2D eigenvalue weighted by Crippen LogP contribution is -2.37. The van der Waals surface area contributed by atoms with Gasteiger partial charge < -0.3 is 15.0 Å². The van der Waals surface area contributed by atoms with Crippen LogP contribution >= 0.6 is 0 Å². The molecule has 1 saturated heterocycles. The van der Waals surface area contributed by atoms with Crippen LogP contribution in [0.15, 0.2) is 30.3 Å². The molecule has 2 N–H and O–H groups in total. The van der Waals surface area contributed by atoms with Crippen molar-refractivity contribution in [2.45, 2.75) is 32.4 Å². The topological polar surface area (TPSA) is 87.3 Å². The Bertz CT molecular complexity index is 792. The molecule has 7 nitrogen and oxygen atoms in total. The first-order valence-corrected chi connectivity index (χ1v) is 8.56. The zero-order valence-electron chi connectivity index (χ0n) is 14.5. The maximum atomic E-state index is 13.1. The van der Waals surface area contributed by atoms with Crippen LogP contribution in [-0.4, -0.2) is 46.0 Å². The number of nitrogens with zero attached hydrogens (tertiary/aromatic N) is 2. The maximum Gasteiger partial charge on any atom is 0.272 e. The fourth-order valence-corrected chi connectivity index (χ4v) is 2.88. The van der Waals surface area contributed by atoms with Gasteiger partial charge in [-0.15, -0.1) is 0 Å². The van der Waals surface area contributed by atoms with Crippen molar-refractivity contribution in [3.63, 3.8) is 0 Å². The summed E-state index contributed by atoms with van der Waals surface area (Å²) in [5.74, 6) is -0.265. The molecule has 2 heterocycles. The predicted octanol–water partition coefficient (Wildman–Crippen LogP) is 1.87. The molecule has 1 unspecified atom stereocenters. The molecule has 1 aromatic heterocycles. The molecule has 26 heavy (non-hydrogen) atoms. The quantitative estimate of drug-likeness (QED) is 0.789. The van der Waals surface area contributed by atoms with Crippen LogP contribution in [0.25, 0.3) is 0 Å². The number of rotatable bonds is 7. The van der Waals surface area contributed by atoms with Crippen molar-refractivity contribution < 1.29 is 18.7 Å². The Morgan fingerprint density at radius 1 is 1.46 bits per heavy atom. The van der Waals surface area contributed by atoms with Gasteiger partial charge >= 0.3 is 0 Å². The minimum absolute atomic E-state index is 0.0587. The zero-order valence-corrected chi connectivity index (χ0v) is 14.5. The van der Waals surface area contributed by atoms with Gasteiger partial charge in [0.05, 0.1) is 11.7 Å². The van der Waals surface area contributed by atoms with Crippen molar-refractivity contribution in [2.75, 3.05) is 13.1 Å². The minimum atomic E-state index is -0.379. The Hall–Kier alpha value is -2.90. The first-order valence-electron chi connectivity index (χ1n) is 8.56. The third-order valence-electron chi connectivity index (χ3n) is 4.10. The molecule has 2 amide bonds. The molecule has 3 rings (SSSR count). The van der Waals surface area contributed by atoms with Gasteiger partial charge in [0, 0.05) is 25.6 Å². The van der Waals surface area contributed by atoms with Crippen LogP contribution in [0.2, 0.25) is 0 Å². The van der Waals surface area contributed by atoms with E-state index in [1.807, 2.05) is 6.92 Å². The van der Waals surface area contributed by atoms with Gasteiger partial charge in [0.1, 0.15) is 23.9 Å². The van der Waals surface area contributed by atoms with Gasteiger partial charge in [0.2, 0.25) is 5.91 Å². The number of likely N-dealkylation sites (tertiary alicyclic amines) is 1. The van der Waals surface area contributed by atoms with E-state index in [9.17, 15) is 14.0 Å². The molecule has 1 aromatic carbocycles. The Morgan fingerprint density at radius 3 is 3.08 bits per heavy atom. The number of halogens is 1. The molecule has 0 aliphatic carbocycles. The van der Waals surface area contributed by atoms with E-state index < -0.39 is 0 Å². The van der Waals surface area contributed by atoms with E-state index in [2.05, 4.69) is 15.5 Å². The average Bonchev–Trinajstić information content (AvgIpc) is 3.21. The van der Waals surface area contributed by atoms with Crippen LogP contribution in [0, 0.1) is 5.82 Å². The van der Waals surface area contributed by atoms with Gasteiger partial charge in [-0.25, -0.2) is 4.39 Å². The van der Waals surface area contributed by atoms with Gasteiger partial charge in [-0.05, 0) is 24.6 Å². The van der Waals surface area contributed by atoms with Crippen molar-refractivity contribution in [1.82, 2.24) is 20.4 Å². The number of ether oxygens (including phenoxy) is 1. The Balaban J connectivity index is 1.52. The van der Waals surface area contributed by atoms with Crippen LogP contribution in [0.4, 0.5) is 4.39 Å². The molecular weight excluding hydrogens is 339 g/mol. The standard InChI is InChI=1S/C18H21FN4O3/c1-2-6-23-10-13(9-17(23)24)20-18(25)16-8-14(21-22-16)11-26-15-5-3-4-12(19)7-15/h3-5,7-8,13H,2,6,9-11H2,1H3,(H,20,25)(H,21,22). The summed E-state index contributed by atoms with van der Waals surface area (Å²) in [6.07, 6.45) is 1.20. The number of nitrogens with one attached hydrogen (secondary N) is 2. The van der Waals surface area contributed by atoms with Gasteiger partial charge in [0.15, 0.2) is 0 Å². The van der Waals surface area contributed by atoms with Crippen molar-refractivity contribution in [3.05, 3.63) is 47.5 Å². The summed E-state index contributed by atoms with van der Waals surface area (Å²) in [6.45, 7) is 3.37. The van der Waals surface area contributed by atoms with Crippen molar-refractivity contribution in [3.8, 4) is 5.75 Å². The molecule has 1 fully saturated rings. The first-order chi connectivity index (χ1) is 12.5. The van der Waals surface area contributed by atoms with Gasteiger partial charge in [-0.2, -0.15) is 5.10 Å². The molecule has 0 bridgehead atoms. The first kappa shape index (κ1) is 17.9. The highest BCUT2D eigenvalue weighted by Crippen LogP contribution is 2.15. The monoisotopic (exact) mass is 360 g/mol. The normalized spacial score (nSPS) is 16.8. The van der Waals surface area contributed by atoms with Crippen LogP contribution in [0.3, 0.4) is 0 Å². The fraction of sp³-hybridized carbons (Fsp3) is 0.389. The maximum absolute atomic E-state index is 13.1. The van der Waals surface area contributed by atoms with Crippen molar-refractivity contribution in [2.24, 2.45) is 0 Å². The van der Waals surface area contributed by atoms with Gasteiger partial charge in [-0.1, -0.05) is 13.0 Å². The van der Waals surface area contributed by atoms with Crippen LogP contribution in [0.5, 0.6) is 5.75 Å². The summed E-state index contributed by atoms with van der Waals surface area (Å²) in [6, 6.07) is 7.19. The molecule has 8 heteroatoms. The lowest BCUT2D eigenvalue weighted by atomic mass is 10.2. The second-order valence-corrected chi connectivity index (χ2v) is 6.24. The lowest BCUT2D eigenvalue weighted by molar-refractivity contribution is -0.127. The molecule has 0 spiro atoms. The number of carbonyl (C=O) groups excluding carboxylic acids is 2. The van der Waals surface area contributed by atoms with E-state index in [0.29, 0.717) is 31.0 Å². The Morgan fingerprint density at radius 2 is 2.31 bits per heavy atom. The van der Waals surface area contributed by atoms with Crippen molar-refractivity contribution in [1.29, 1.82) is 0 Å². The second-order valence-electron chi connectivity index (χ2n) is 6.24. The molecule has 1 atom stereocenters. The highest BCUT2D eigenvalue weighted by Gasteiger charge is 2.30. The van der Waals surface area contributed by atoms with Gasteiger partial charge in [-0.3, -0.25) is 14.7 Å². The smallest absolute Gasteiger partial charge is 0.272 e. The average molecular weight is 360 g/mol. The van der Waals surface area contributed by atoms with E-state index in [0.717, 1.165) is 6.42 Å². The summed E-state index contributed by atoms with van der Waals surface area (Å²) in [5, 5.41) is 9.53. The summed E-state index contributed by atoms with van der Waals surface area (Å²) in [5.41, 5.74) is 0.818. The van der Waals surface area contributed by atoms with Crippen LogP contribution in [0.1, 0.15) is 35.9 Å². The third kappa shape index (κ3) is 4.38. The predicted molar refractivity (Wildman–Crippen MR) is 92.1 cm³/mol. The van der Waals surface area contributed by atoms with Crippen LogP contribution in [-0.2, 0) is 11.4 Å². The molecule has 0 radical (unpaired) electrons. The molecule has 1 aliphatic heterocycles. The Labute approximate surface area is 150 Å². The molecule has 138 valence electrons. The Kier molecular flexibility index (Phi) is 5.50. The highest BCUT2D eigenvalue weighted by atomic mass is 19.1. The van der Waals surface area contributed by atoms with E-state index in [1.54, 1.807) is 23.1 Å². The van der Waals surface area contributed by atoms with E-state index in [4.69, 9.17) is 4.74 Å². The molecule has 1 aliphatic rings. The molecule has 0 saturated carbocycles. The third-order valence-corrected chi connectivity index (χ3v) is 4.10. The number of H-pyrrole nitrogens is 1. The summed E-state index contributed by atoms with van der Waals surface area (Å²) >= 11 is 0. The van der Waals surface area contributed by atoms with E-state index in [-0.39, 0.29) is 36.0 Å². The number of aromatic amines is 1. The van der Waals surface area contributed by atoms with E-state index in [1.165, 1.54) is 12.1 Å². The minimum Gasteiger partial charge on any atom is -0.487 e. The number of aromatic nitrogens is 2. The fourth-order valence-electron chi connectivity index (χ4n) is 2.88. The van der Waals surface area contributed by atoms with Gasteiger partial charge in [0.25, 0.3) is 5.91 Å². The number of benzene rings is 1. The number of hydrogen-bond donors (Lipinski definition) is 2. The number of hydrogen-bond acceptors (Lipinski definition) is 4. The SMILES string of the molecule is CCCN1CC(NC(=O)c2cc(COc3cccc(F)c3)[nH]n2)CC1=O. The zero-order chi connectivity index (χ0) is 18.5. The summed E-state index contributed by atoms with van der Waals surface area (Å²) < 4.78 is 18.6. The number of amides is 2. The number of carbonyl (C=O) groups is 2. The summed E-state index contributed by atoms with van der Waals surface area (Å²) in [4.78, 5) is 25.9. The molecular formula is C18H21FN4O3.